The molecule has 0 saturated carbocycles. The van der Waals surface area contributed by atoms with Crippen molar-refractivity contribution < 1.29 is 14.7 Å². The predicted octanol–water partition coefficient (Wildman–Crippen LogP) is 3.84. The van der Waals surface area contributed by atoms with Gasteiger partial charge in [0.25, 0.3) is 5.91 Å². The first kappa shape index (κ1) is 17.5. The maximum Gasteiger partial charge on any atom is 0.305 e. The zero-order chi connectivity index (χ0) is 17.8. The van der Waals surface area contributed by atoms with Crippen molar-refractivity contribution in [2.24, 2.45) is 0 Å². The van der Waals surface area contributed by atoms with Gasteiger partial charge in [-0.15, -0.1) is 11.8 Å². The van der Waals surface area contributed by atoms with Gasteiger partial charge in [0.1, 0.15) is 0 Å². The normalized spacial score (nSPS) is 14.0. The molecule has 1 aliphatic rings. The number of fused-ring (bicyclic) bond motifs is 1. The van der Waals surface area contributed by atoms with Crippen LogP contribution in [0.2, 0.25) is 0 Å². The van der Waals surface area contributed by atoms with E-state index in [0.717, 1.165) is 29.7 Å². The molecular weight excluding hydrogens is 334 g/mol. The Kier molecular flexibility index (Phi) is 5.43. The first-order valence-corrected chi connectivity index (χ1v) is 9.57. The summed E-state index contributed by atoms with van der Waals surface area (Å²) in [6, 6.07) is 12.9. The number of hydrogen-bond acceptors (Lipinski definition) is 3. The molecule has 3 rings (SSSR count). The molecule has 5 heteroatoms. The second-order valence-electron chi connectivity index (χ2n) is 6.23. The molecule has 2 N–H and O–H groups in total. The van der Waals surface area contributed by atoms with Gasteiger partial charge in [-0.1, -0.05) is 18.2 Å². The number of hydrogen-bond donors (Lipinski definition) is 2. The van der Waals surface area contributed by atoms with Crippen LogP contribution in [-0.4, -0.2) is 23.2 Å². The third-order valence-corrected chi connectivity index (χ3v) is 5.31. The molecule has 25 heavy (non-hydrogen) atoms. The molecule has 1 unspecified atom stereocenters. The maximum absolute atomic E-state index is 12.6. The third kappa shape index (κ3) is 4.23. The van der Waals surface area contributed by atoms with Gasteiger partial charge in [-0.2, -0.15) is 0 Å². The molecule has 0 aliphatic heterocycles. The van der Waals surface area contributed by atoms with Gasteiger partial charge in [-0.25, -0.2) is 0 Å². The molecule has 2 aromatic rings. The Bertz CT molecular complexity index is 786. The maximum atomic E-state index is 12.6. The fourth-order valence-corrected chi connectivity index (χ4v) is 3.63. The van der Waals surface area contributed by atoms with Crippen LogP contribution in [0.5, 0.6) is 0 Å². The van der Waals surface area contributed by atoms with Crippen LogP contribution in [0.15, 0.2) is 47.4 Å². The molecule has 0 aromatic heterocycles. The molecular formula is C20H21NO3S. The number of nitrogens with one attached hydrogen (secondary N) is 1. The summed E-state index contributed by atoms with van der Waals surface area (Å²) in [6.07, 6.45) is 5.05. The van der Waals surface area contributed by atoms with Crippen LogP contribution < -0.4 is 5.32 Å². The fraction of sp³-hybridized carbons (Fsp3) is 0.300. The number of carbonyl (C=O) groups is 2. The molecule has 0 fully saturated rings. The number of thioether (sulfide) groups is 1. The average Bonchev–Trinajstić information content (AvgIpc) is 3.08. The van der Waals surface area contributed by atoms with E-state index in [1.165, 1.54) is 11.1 Å². The van der Waals surface area contributed by atoms with Crippen molar-refractivity contribution in [2.75, 3.05) is 6.26 Å². The molecule has 0 heterocycles. The lowest BCUT2D eigenvalue weighted by molar-refractivity contribution is -0.137. The van der Waals surface area contributed by atoms with Gasteiger partial charge in [0.2, 0.25) is 0 Å². The van der Waals surface area contributed by atoms with Gasteiger partial charge in [0.15, 0.2) is 0 Å². The second kappa shape index (κ2) is 7.74. The van der Waals surface area contributed by atoms with Crippen molar-refractivity contribution >= 4 is 23.6 Å². The molecule has 1 atom stereocenters. The molecule has 0 bridgehead atoms. The molecule has 1 aliphatic carbocycles. The van der Waals surface area contributed by atoms with Crippen LogP contribution in [0.3, 0.4) is 0 Å². The van der Waals surface area contributed by atoms with Crippen LogP contribution in [0, 0.1) is 0 Å². The van der Waals surface area contributed by atoms with E-state index in [0.29, 0.717) is 5.56 Å². The molecule has 4 nitrogen and oxygen atoms in total. The Labute approximate surface area is 151 Å². The highest BCUT2D eigenvalue weighted by Gasteiger charge is 2.20. The van der Waals surface area contributed by atoms with Gasteiger partial charge in [0.05, 0.1) is 12.5 Å². The first-order valence-electron chi connectivity index (χ1n) is 8.35. The monoisotopic (exact) mass is 355 g/mol. The van der Waals surface area contributed by atoms with Crippen molar-refractivity contribution in [3.8, 4) is 0 Å². The summed E-state index contributed by atoms with van der Waals surface area (Å²) in [7, 11) is 0. The Morgan fingerprint density at radius 3 is 2.52 bits per heavy atom. The van der Waals surface area contributed by atoms with E-state index in [1.54, 1.807) is 11.8 Å². The SMILES string of the molecule is CSc1ccc(C(CC(=O)O)NC(=O)c2ccc3c(c2)CCC3)cc1. The lowest BCUT2D eigenvalue weighted by atomic mass is 10.0. The molecule has 2 aromatic carbocycles. The molecule has 0 spiro atoms. The minimum atomic E-state index is -0.937. The predicted molar refractivity (Wildman–Crippen MR) is 99.2 cm³/mol. The van der Waals surface area contributed by atoms with Crippen molar-refractivity contribution in [3.63, 3.8) is 0 Å². The van der Waals surface area contributed by atoms with Crippen LogP contribution >= 0.6 is 11.8 Å². The van der Waals surface area contributed by atoms with Gasteiger partial charge < -0.3 is 10.4 Å². The Morgan fingerprint density at radius 2 is 1.84 bits per heavy atom. The number of aliphatic carboxylic acids is 1. The minimum absolute atomic E-state index is 0.144. The van der Waals surface area contributed by atoms with Crippen LogP contribution in [0.25, 0.3) is 0 Å². The molecule has 1 amide bonds. The van der Waals surface area contributed by atoms with E-state index >= 15 is 0 Å². The number of carbonyl (C=O) groups excluding carboxylic acids is 1. The van der Waals surface area contributed by atoms with E-state index in [2.05, 4.69) is 5.32 Å². The van der Waals surface area contributed by atoms with Gasteiger partial charge in [-0.3, -0.25) is 9.59 Å². The van der Waals surface area contributed by atoms with Crippen molar-refractivity contribution in [1.29, 1.82) is 0 Å². The summed E-state index contributed by atoms with van der Waals surface area (Å²) >= 11 is 1.62. The van der Waals surface area contributed by atoms with Crippen molar-refractivity contribution in [3.05, 3.63) is 64.7 Å². The zero-order valence-corrected chi connectivity index (χ0v) is 14.9. The number of aryl methyl sites for hydroxylation is 2. The minimum Gasteiger partial charge on any atom is -0.481 e. The third-order valence-electron chi connectivity index (χ3n) is 4.56. The van der Waals surface area contributed by atoms with E-state index < -0.39 is 12.0 Å². The van der Waals surface area contributed by atoms with Crippen molar-refractivity contribution in [1.82, 2.24) is 5.32 Å². The van der Waals surface area contributed by atoms with E-state index in [4.69, 9.17) is 0 Å². The Morgan fingerprint density at radius 1 is 1.12 bits per heavy atom. The standard InChI is InChI=1S/C20H21NO3S/c1-25-17-9-7-14(8-10-17)18(12-19(22)23)21-20(24)16-6-5-13-3-2-4-15(13)11-16/h5-11,18H,2-4,12H2,1H3,(H,21,24)(H,22,23). The van der Waals surface area contributed by atoms with Crippen LogP contribution in [0.1, 0.15) is 45.9 Å². The number of amides is 1. The summed E-state index contributed by atoms with van der Waals surface area (Å²) in [5.74, 6) is -1.16. The molecule has 130 valence electrons. The molecule has 0 radical (unpaired) electrons. The van der Waals surface area contributed by atoms with Crippen LogP contribution in [0.4, 0.5) is 0 Å². The molecule has 0 saturated heterocycles. The lowest BCUT2D eigenvalue weighted by Crippen LogP contribution is -2.30. The number of benzene rings is 2. The average molecular weight is 355 g/mol. The summed E-state index contributed by atoms with van der Waals surface area (Å²) in [6.45, 7) is 0. The lowest BCUT2D eigenvalue weighted by Gasteiger charge is -2.18. The van der Waals surface area contributed by atoms with Gasteiger partial charge >= 0.3 is 5.97 Å². The highest BCUT2D eigenvalue weighted by atomic mass is 32.2. The van der Waals surface area contributed by atoms with Crippen molar-refractivity contribution in [2.45, 2.75) is 36.6 Å². The second-order valence-corrected chi connectivity index (χ2v) is 7.11. The zero-order valence-electron chi connectivity index (χ0n) is 14.1. The summed E-state index contributed by atoms with van der Waals surface area (Å²) < 4.78 is 0. The topological polar surface area (TPSA) is 66.4 Å². The Hall–Kier alpha value is -2.27. The van der Waals surface area contributed by atoms with E-state index in [9.17, 15) is 14.7 Å². The number of carboxylic acids is 1. The first-order chi connectivity index (χ1) is 12.1. The Balaban J connectivity index is 1.79. The summed E-state index contributed by atoms with van der Waals surface area (Å²) in [5, 5.41) is 12.1. The number of rotatable bonds is 6. The number of carboxylic acid groups (broad SMARTS) is 1. The van der Waals surface area contributed by atoms with E-state index in [-0.39, 0.29) is 12.3 Å². The largest absolute Gasteiger partial charge is 0.481 e. The van der Waals surface area contributed by atoms with Gasteiger partial charge in [-0.05, 0) is 66.5 Å². The van der Waals surface area contributed by atoms with E-state index in [1.807, 2.05) is 48.7 Å². The summed E-state index contributed by atoms with van der Waals surface area (Å²) in [5.41, 5.74) is 3.93. The smallest absolute Gasteiger partial charge is 0.305 e. The van der Waals surface area contributed by atoms with Crippen LogP contribution in [-0.2, 0) is 17.6 Å². The highest BCUT2D eigenvalue weighted by Crippen LogP contribution is 2.24. The quantitative estimate of drug-likeness (QED) is 0.773. The highest BCUT2D eigenvalue weighted by molar-refractivity contribution is 7.98. The summed E-state index contributed by atoms with van der Waals surface area (Å²) in [4.78, 5) is 24.9. The van der Waals surface area contributed by atoms with Gasteiger partial charge in [0, 0.05) is 10.5 Å². The fourth-order valence-electron chi connectivity index (χ4n) is 3.22.